The Hall–Kier alpha value is -0.0800. The van der Waals surface area contributed by atoms with Crippen molar-refractivity contribution in [2.75, 3.05) is 32.7 Å². The third-order valence-electron chi connectivity index (χ3n) is 2.87. The standard InChI is InChI=1S/C10H22N2/c1-3-12(4-2)9-10-5-7-11-8-6-10/h10-11H,3-9H2,1-2H3. The molecule has 0 unspecified atom stereocenters. The van der Waals surface area contributed by atoms with Gasteiger partial charge in [-0.1, -0.05) is 13.8 Å². The summed E-state index contributed by atoms with van der Waals surface area (Å²) in [5.74, 6) is 0.950. The summed E-state index contributed by atoms with van der Waals surface area (Å²) in [6, 6.07) is 0. The van der Waals surface area contributed by atoms with Crippen molar-refractivity contribution < 1.29 is 0 Å². The third kappa shape index (κ3) is 3.11. The van der Waals surface area contributed by atoms with Crippen molar-refractivity contribution >= 4 is 0 Å². The van der Waals surface area contributed by atoms with E-state index in [9.17, 15) is 0 Å². The molecule has 72 valence electrons. The zero-order valence-corrected chi connectivity index (χ0v) is 8.47. The maximum Gasteiger partial charge on any atom is 0.00104 e. The van der Waals surface area contributed by atoms with Gasteiger partial charge in [0.2, 0.25) is 0 Å². The normalized spacial score (nSPS) is 20.2. The average molecular weight is 170 g/mol. The maximum atomic E-state index is 3.41. The molecule has 0 spiro atoms. The smallest absolute Gasteiger partial charge is 0.00104 e. The highest BCUT2D eigenvalue weighted by Gasteiger charge is 2.14. The number of hydrogen-bond acceptors (Lipinski definition) is 2. The number of hydrogen-bond donors (Lipinski definition) is 1. The lowest BCUT2D eigenvalue weighted by atomic mass is 9.97. The lowest BCUT2D eigenvalue weighted by molar-refractivity contribution is 0.222. The first-order valence-electron chi connectivity index (χ1n) is 5.29. The fourth-order valence-electron chi connectivity index (χ4n) is 1.91. The fourth-order valence-corrected chi connectivity index (χ4v) is 1.91. The Bertz CT molecular complexity index is 104. The van der Waals surface area contributed by atoms with Gasteiger partial charge in [0, 0.05) is 6.54 Å². The summed E-state index contributed by atoms with van der Waals surface area (Å²) >= 11 is 0. The molecule has 2 heteroatoms. The number of rotatable bonds is 4. The van der Waals surface area contributed by atoms with Crippen molar-refractivity contribution in [1.29, 1.82) is 0 Å². The summed E-state index contributed by atoms with van der Waals surface area (Å²) in [6.07, 6.45) is 2.74. The zero-order valence-electron chi connectivity index (χ0n) is 8.47. The van der Waals surface area contributed by atoms with Gasteiger partial charge in [0.05, 0.1) is 0 Å². The third-order valence-corrected chi connectivity index (χ3v) is 2.87. The van der Waals surface area contributed by atoms with E-state index in [1.807, 2.05) is 0 Å². The SMILES string of the molecule is CCN(CC)CC1CCNCC1. The largest absolute Gasteiger partial charge is 0.317 e. The first kappa shape index (κ1) is 10.0. The van der Waals surface area contributed by atoms with Crippen molar-refractivity contribution in [2.45, 2.75) is 26.7 Å². The first-order chi connectivity index (χ1) is 5.86. The van der Waals surface area contributed by atoms with Crippen LogP contribution in [0.3, 0.4) is 0 Å². The molecular weight excluding hydrogens is 148 g/mol. The van der Waals surface area contributed by atoms with E-state index in [2.05, 4.69) is 24.1 Å². The molecule has 0 amide bonds. The van der Waals surface area contributed by atoms with Gasteiger partial charge in [-0.25, -0.2) is 0 Å². The monoisotopic (exact) mass is 170 g/mol. The molecule has 1 aliphatic heterocycles. The second-order valence-electron chi connectivity index (χ2n) is 3.68. The van der Waals surface area contributed by atoms with Crippen molar-refractivity contribution in [2.24, 2.45) is 5.92 Å². The summed E-state index contributed by atoms with van der Waals surface area (Å²) in [4.78, 5) is 2.54. The van der Waals surface area contributed by atoms with Crippen molar-refractivity contribution in [3.63, 3.8) is 0 Å². The van der Waals surface area contributed by atoms with Crippen LogP contribution < -0.4 is 5.32 Å². The minimum absolute atomic E-state index is 0.950. The van der Waals surface area contributed by atoms with Crippen molar-refractivity contribution in [1.82, 2.24) is 10.2 Å². The predicted octanol–water partition coefficient (Wildman–Crippen LogP) is 1.33. The van der Waals surface area contributed by atoms with E-state index in [1.54, 1.807) is 0 Å². The summed E-state index contributed by atoms with van der Waals surface area (Å²) in [7, 11) is 0. The van der Waals surface area contributed by atoms with E-state index in [4.69, 9.17) is 0 Å². The Balaban J connectivity index is 2.18. The Morgan fingerprint density at radius 3 is 2.25 bits per heavy atom. The molecule has 0 bridgehead atoms. The van der Waals surface area contributed by atoms with Gasteiger partial charge in [-0.15, -0.1) is 0 Å². The van der Waals surface area contributed by atoms with E-state index in [-0.39, 0.29) is 0 Å². The van der Waals surface area contributed by atoms with E-state index in [1.165, 1.54) is 45.6 Å². The van der Waals surface area contributed by atoms with Crippen LogP contribution in [0.15, 0.2) is 0 Å². The summed E-state index contributed by atoms with van der Waals surface area (Å²) in [5, 5.41) is 3.41. The highest BCUT2D eigenvalue weighted by Crippen LogP contribution is 2.12. The molecule has 1 rings (SSSR count). The van der Waals surface area contributed by atoms with E-state index in [0.29, 0.717) is 0 Å². The molecule has 0 saturated carbocycles. The molecule has 0 aromatic heterocycles. The quantitative estimate of drug-likeness (QED) is 0.684. The van der Waals surface area contributed by atoms with Gasteiger partial charge in [0.15, 0.2) is 0 Å². The summed E-state index contributed by atoms with van der Waals surface area (Å²) in [6.45, 7) is 10.7. The van der Waals surface area contributed by atoms with Crippen molar-refractivity contribution in [3.05, 3.63) is 0 Å². The van der Waals surface area contributed by atoms with Gasteiger partial charge in [0.1, 0.15) is 0 Å². The molecule has 12 heavy (non-hydrogen) atoms. The van der Waals surface area contributed by atoms with Crippen LogP contribution in [0.4, 0.5) is 0 Å². The van der Waals surface area contributed by atoms with Gasteiger partial charge in [-0.05, 0) is 44.9 Å². The molecule has 0 aromatic rings. The van der Waals surface area contributed by atoms with Gasteiger partial charge in [-0.3, -0.25) is 0 Å². The molecule has 0 aliphatic carbocycles. The van der Waals surface area contributed by atoms with Gasteiger partial charge < -0.3 is 10.2 Å². The Morgan fingerprint density at radius 2 is 1.75 bits per heavy atom. The molecule has 1 aliphatic rings. The van der Waals surface area contributed by atoms with Crippen LogP contribution in [0.5, 0.6) is 0 Å². The highest BCUT2D eigenvalue weighted by molar-refractivity contribution is 4.71. The van der Waals surface area contributed by atoms with E-state index >= 15 is 0 Å². The summed E-state index contributed by atoms with van der Waals surface area (Å²) < 4.78 is 0. The Kier molecular flexibility index (Phi) is 4.62. The van der Waals surface area contributed by atoms with Crippen LogP contribution in [-0.4, -0.2) is 37.6 Å². The van der Waals surface area contributed by atoms with Crippen molar-refractivity contribution in [3.8, 4) is 0 Å². The number of piperidine rings is 1. The van der Waals surface area contributed by atoms with Gasteiger partial charge in [-0.2, -0.15) is 0 Å². The minimum atomic E-state index is 0.950. The fraction of sp³-hybridized carbons (Fsp3) is 1.00. The summed E-state index contributed by atoms with van der Waals surface area (Å²) in [5.41, 5.74) is 0. The van der Waals surface area contributed by atoms with E-state index in [0.717, 1.165) is 5.92 Å². The predicted molar refractivity (Wildman–Crippen MR) is 53.4 cm³/mol. The van der Waals surface area contributed by atoms with Gasteiger partial charge >= 0.3 is 0 Å². The Morgan fingerprint density at radius 1 is 1.17 bits per heavy atom. The molecule has 0 radical (unpaired) electrons. The zero-order chi connectivity index (χ0) is 8.81. The lowest BCUT2D eigenvalue weighted by Crippen LogP contribution is -2.36. The molecular formula is C10H22N2. The molecule has 1 N–H and O–H groups in total. The molecule has 0 aromatic carbocycles. The van der Waals surface area contributed by atoms with Crippen LogP contribution in [0.2, 0.25) is 0 Å². The van der Waals surface area contributed by atoms with Crippen LogP contribution in [0.1, 0.15) is 26.7 Å². The topological polar surface area (TPSA) is 15.3 Å². The van der Waals surface area contributed by atoms with E-state index < -0.39 is 0 Å². The molecule has 1 saturated heterocycles. The average Bonchev–Trinajstić information content (AvgIpc) is 2.16. The lowest BCUT2D eigenvalue weighted by Gasteiger charge is -2.28. The first-order valence-corrected chi connectivity index (χ1v) is 5.29. The van der Waals surface area contributed by atoms with Crippen LogP contribution in [0.25, 0.3) is 0 Å². The van der Waals surface area contributed by atoms with Crippen LogP contribution >= 0.6 is 0 Å². The van der Waals surface area contributed by atoms with Crippen LogP contribution in [0, 0.1) is 5.92 Å². The molecule has 1 fully saturated rings. The second-order valence-corrected chi connectivity index (χ2v) is 3.68. The number of nitrogens with one attached hydrogen (secondary N) is 1. The maximum absolute atomic E-state index is 3.41. The van der Waals surface area contributed by atoms with Crippen LogP contribution in [-0.2, 0) is 0 Å². The number of nitrogens with zero attached hydrogens (tertiary/aromatic N) is 1. The second kappa shape index (κ2) is 5.55. The minimum Gasteiger partial charge on any atom is -0.317 e. The highest BCUT2D eigenvalue weighted by atomic mass is 15.1. The van der Waals surface area contributed by atoms with Gasteiger partial charge in [0.25, 0.3) is 0 Å². The molecule has 2 nitrogen and oxygen atoms in total. The Labute approximate surface area is 76.3 Å². The molecule has 1 heterocycles. The molecule has 0 atom stereocenters.